The first-order valence-electron chi connectivity index (χ1n) is 8.86. The summed E-state index contributed by atoms with van der Waals surface area (Å²) in [5.41, 5.74) is 0.715. The molecular weight excluding hydrogens is 445 g/mol. The van der Waals surface area contributed by atoms with E-state index in [1.165, 1.54) is 10.9 Å². The fourth-order valence-corrected chi connectivity index (χ4v) is 3.62. The molecule has 30 heavy (non-hydrogen) atoms. The minimum atomic E-state index is -4.41. The van der Waals surface area contributed by atoms with E-state index in [1.807, 2.05) is 4.90 Å². The molecular formula is C15H19ClN5O8P. The zero-order valence-electron chi connectivity index (χ0n) is 15.4. The van der Waals surface area contributed by atoms with Gasteiger partial charge in [-0.25, -0.2) is 4.98 Å². The van der Waals surface area contributed by atoms with Crippen LogP contribution in [0.15, 0.2) is 18.3 Å². The third-order valence-corrected chi connectivity index (χ3v) is 5.22. The second-order valence-corrected chi connectivity index (χ2v) is 8.59. The summed E-state index contributed by atoms with van der Waals surface area (Å²) in [5, 5.41) is 20.6. The van der Waals surface area contributed by atoms with Gasteiger partial charge in [-0.15, -0.1) is 0 Å². The molecule has 0 aliphatic carbocycles. The van der Waals surface area contributed by atoms with E-state index in [1.54, 1.807) is 0 Å². The van der Waals surface area contributed by atoms with Gasteiger partial charge in [-0.2, -0.15) is 9.97 Å². The van der Waals surface area contributed by atoms with Crippen molar-refractivity contribution in [1.82, 2.24) is 19.5 Å². The normalized spacial score (nSPS) is 26.4. The third-order valence-electron chi connectivity index (χ3n) is 4.57. The Bertz CT molecular complexity index is 1010. The van der Waals surface area contributed by atoms with Crippen molar-refractivity contribution in [3.05, 3.63) is 23.6 Å². The van der Waals surface area contributed by atoms with Crippen LogP contribution in [0.25, 0.3) is 11.2 Å². The summed E-state index contributed by atoms with van der Waals surface area (Å²) < 4.78 is 27.9. The van der Waals surface area contributed by atoms with Crippen LogP contribution in [0.4, 0.5) is 5.82 Å². The predicted octanol–water partition coefficient (Wildman–Crippen LogP) is -0.440. The number of imidazole rings is 1. The lowest BCUT2D eigenvalue weighted by atomic mass is 10.2. The van der Waals surface area contributed by atoms with Crippen molar-refractivity contribution in [3.63, 3.8) is 0 Å². The molecule has 15 heteroatoms. The standard InChI is InChI=1S/C15H19ClN5O8P/c16-15-18-12(20-1-3-27-4-2-20)9-13(19-15)21(6-17-9)14-11(23)10(22)8(29-14)5-28-7-30(24,25)26/h5-6,10-11,14,22-23H,1-4,7H2,(H2,24,25,26)/t10-,11-,14-/m1/s1. The summed E-state index contributed by atoms with van der Waals surface area (Å²) in [4.78, 5) is 32.4. The van der Waals surface area contributed by atoms with Crippen LogP contribution >= 0.6 is 19.2 Å². The van der Waals surface area contributed by atoms with Crippen molar-refractivity contribution < 1.29 is 38.8 Å². The number of morpholine rings is 1. The van der Waals surface area contributed by atoms with E-state index in [4.69, 9.17) is 35.6 Å². The van der Waals surface area contributed by atoms with Crippen molar-refractivity contribution in [2.45, 2.75) is 18.4 Å². The van der Waals surface area contributed by atoms with Gasteiger partial charge in [0.25, 0.3) is 0 Å². The van der Waals surface area contributed by atoms with Gasteiger partial charge in [0, 0.05) is 13.1 Å². The maximum absolute atomic E-state index is 10.9. The summed E-state index contributed by atoms with van der Waals surface area (Å²) >= 11 is 6.10. The molecule has 4 rings (SSSR count). The highest BCUT2D eigenvalue weighted by atomic mass is 35.5. The Labute approximate surface area is 174 Å². The molecule has 0 saturated carbocycles. The first-order chi connectivity index (χ1) is 14.2. The predicted molar refractivity (Wildman–Crippen MR) is 102 cm³/mol. The van der Waals surface area contributed by atoms with Crippen molar-refractivity contribution in [1.29, 1.82) is 0 Å². The monoisotopic (exact) mass is 463 g/mol. The molecule has 2 fully saturated rings. The van der Waals surface area contributed by atoms with E-state index in [0.717, 1.165) is 6.26 Å². The van der Waals surface area contributed by atoms with Crippen LogP contribution in [-0.4, -0.2) is 84.4 Å². The molecule has 2 aliphatic rings. The minimum Gasteiger partial charge on any atom is -0.485 e. The van der Waals surface area contributed by atoms with Gasteiger partial charge in [-0.1, -0.05) is 0 Å². The molecule has 13 nitrogen and oxygen atoms in total. The molecule has 2 aromatic heterocycles. The number of halogens is 1. The van der Waals surface area contributed by atoms with Crippen LogP contribution in [0.3, 0.4) is 0 Å². The maximum atomic E-state index is 10.9. The van der Waals surface area contributed by atoms with Crippen LogP contribution in [0.1, 0.15) is 6.23 Å². The fourth-order valence-electron chi connectivity index (χ4n) is 3.20. The van der Waals surface area contributed by atoms with Crippen molar-refractivity contribution in [2.24, 2.45) is 0 Å². The van der Waals surface area contributed by atoms with Crippen molar-refractivity contribution in [3.8, 4) is 0 Å². The van der Waals surface area contributed by atoms with Gasteiger partial charge in [0.15, 0.2) is 29.1 Å². The Kier molecular flexibility index (Phi) is 5.86. The average Bonchev–Trinajstić information content (AvgIpc) is 3.23. The van der Waals surface area contributed by atoms with E-state index >= 15 is 0 Å². The number of anilines is 1. The van der Waals surface area contributed by atoms with Crippen LogP contribution in [0, 0.1) is 0 Å². The van der Waals surface area contributed by atoms with Crippen LogP contribution in [0.2, 0.25) is 5.28 Å². The van der Waals surface area contributed by atoms with Gasteiger partial charge < -0.3 is 39.1 Å². The smallest absolute Gasteiger partial charge is 0.362 e. The zero-order valence-corrected chi connectivity index (χ0v) is 17.1. The molecule has 4 heterocycles. The lowest BCUT2D eigenvalue weighted by Crippen LogP contribution is -2.37. The number of aliphatic hydroxyl groups excluding tert-OH is 2. The molecule has 0 amide bonds. The quantitative estimate of drug-likeness (QED) is 0.256. The number of ether oxygens (including phenoxy) is 3. The molecule has 2 saturated heterocycles. The number of hydrogen-bond donors (Lipinski definition) is 4. The van der Waals surface area contributed by atoms with Gasteiger partial charge in [0.1, 0.15) is 24.8 Å². The van der Waals surface area contributed by atoms with E-state index in [9.17, 15) is 14.8 Å². The van der Waals surface area contributed by atoms with E-state index in [-0.39, 0.29) is 16.7 Å². The summed E-state index contributed by atoms with van der Waals surface area (Å²) in [6, 6.07) is 0. The molecule has 2 aromatic rings. The number of hydrogen-bond acceptors (Lipinski definition) is 10. The summed E-state index contributed by atoms with van der Waals surface area (Å²) in [5.74, 6) is 0.317. The third kappa shape index (κ3) is 4.23. The second-order valence-electron chi connectivity index (χ2n) is 6.66. The largest absolute Gasteiger partial charge is 0.485 e. The molecule has 3 atom stereocenters. The van der Waals surface area contributed by atoms with Crippen molar-refractivity contribution >= 4 is 36.2 Å². The highest BCUT2D eigenvalue weighted by molar-refractivity contribution is 7.51. The van der Waals surface area contributed by atoms with Gasteiger partial charge in [0.05, 0.1) is 13.2 Å². The Morgan fingerprint density at radius 3 is 2.73 bits per heavy atom. The molecule has 2 aliphatic heterocycles. The molecule has 4 N–H and O–H groups in total. The average molecular weight is 464 g/mol. The summed E-state index contributed by atoms with van der Waals surface area (Å²) in [6.45, 7) is 2.26. The topological polar surface area (TPSA) is 173 Å². The Morgan fingerprint density at radius 1 is 1.30 bits per heavy atom. The summed E-state index contributed by atoms with van der Waals surface area (Å²) in [6.07, 6.45) is -2.70. The highest BCUT2D eigenvalue weighted by Crippen LogP contribution is 2.37. The first-order valence-corrected chi connectivity index (χ1v) is 11.0. The molecule has 0 bridgehead atoms. The first kappa shape index (κ1) is 21.2. The number of fused-ring (bicyclic) bond motifs is 1. The van der Waals surface area contributed by atoms with E-state index < -0.39 is 32.4 Å². The Morgan fingerprint density at radius 2 is 2.03 bits per heavy atom. The molecule has 0 aromatic carbocycles. The number of nitrogens with zero attached hydrogens (tertiary/aromatic N) is 5. The van der Waals surface area contributed by atoms with Crippen LogP contribution in [0.5, 0.6) is 0 Å². The lowest BCUT2D eigenvalue weighted by molar-refractivity contribution is -0.0122. The van der Waals surface area contributed by atoms with Gasteiger partial charge in [0.2, 0.25) is 11.5 Å². The molecule has 0 radical (unpaired) electrons. The van der Waals surface area contributed by atoms with Crippen LogP contribution in [-0.2, 0) is 18.8 Å². The van der Waals surface area contributed by atoms with Crippen molar-refractivity contribution in [2.75, 3.05) is 37.6 Å². The summed E-state index contributed by atoms with van der Waals surface area (Å²) in [7, 11) is -4.41. The molecule has 0 unspecified atom stereocenters. The Hall–Kier alpha value is -1.99. The van der Waals surface area contributed by atoms with Gasteiger partial charge in [-0.3, -0.25) is 9.13 Å². The van der Waals surface area contributed by atoms with E-state index in [0.29, 0.717) is 37.6 Å². The second kappa shape index (κ2) is 8.27. The minimum absolute atomic E-state index is 0.0282. The number of rotatable bonds is 5. The fraction of sp³-hybridized carbons (Fsp3) is 0.533. The number of aromatic nitrogens is 4. The Balaban J connectivity index is 1.64. The van der Waals surface area contributed by atoms with Gasteiger partial charge in [-0.05, 0) is 11.6 Å². The zero-order chi connectivity index (χ0) is 21.5. The highest BCUT2D eigenvalue weighted by Gasteiger charge is 2.42. The maximum Gasteiger partial charge on any atom is 0.362 e. The lowest BCUT2D eigenvalue weighted by Gasteiger charge is -2.27. The van der Waals surface area contributed by atoms with Gasteiger partial charge >= 0.3 is 7.60 Å². The number of aliphatic hydroxyl groups is 2. The molecule has 0 spiro atoms. The SMILES string of the molecule is O=P(O)(O)COC=C1O[C@@H](n2cnc3c(N4CCOCC4)nc(Cl)nc32)[C@H](O)[C@@H]1O. The molecule has 164 valence electrons. The van der Waals surface area contributed by atoms with E-state index in [2.05, 4.69) is 15.0 Å². The van der Waals surface area contributed by atoms with Crippen LogP contribution < -0.4 is 4.90 Å².